The minimum Gasteiger partial charge on any atom is -0.322 e. The summed E-state index contributed by atoms with van der Waals surface area (Å²) in [7, 11) is 0. The minimum atomic E-state index is -0.329. The Bertz CT molecular complexity index is 320. The van der Waals surface area contributed by atoms with Crippen molar-refractivity contribution >= 4 is 11.6 Å². The monoisotopic (exact) mass is 286 g/mol. The molecule has 0 bridgehead atoms. The standard InChI is InChI=1S/C9H19NO.C7H15NO/c1-6(2)7(10)8(11)9(3,4)5;1-5(8)6(9)7(2,3)4/h6-7H,10H2,1-5H3;5H,8H2,1-4H3/t7-;5-/m00/s1. The fourth-order valence-corrected chi connectivity index (χ4v) is 1.49. The van der Waals surface area contributed by atoms with Gasteiger partial charge in [-0.05, 0) is 12.8 Å². The van der Waals surface area contributed by atoms with Gasteiger partial charge in [-0.1, -0.05) is 55.4 Å². The summed E-state index contributed by atoms with van der Waals surface area (Å²) < 4.78 is 0. The lowest BCUT2D eigenvalue weighted by Gasteiger charge is -2.23. The number of carbonyl (C=O) groups excluding carboxylic acids is 2. The van der Waals surface area contributed by atoms with Gasteiger partial charge in [-0.2, -0.15) is 0 Å². The molecule has 0 saturated carbocycles. The average molecular weight is 286 g/mol. The van der Waals surface area contributed by atoms with Gasteiger partial charge in [-0.3, -0.25) is 9.59 Å². The number of rotatable bonds is 3. The molecule has 20 heavy (non-hydrogen) atoms. The van der Waals surface area contributed by atoms with Crippen LogP contribution < -0.4 is 11.5 Å². The van der Waals surface area contributed by atoms with Crippen LogP contribution in [0.25, 0.3) is 0 Å². The Morgan fingerprint density at radius 2 is 1.05 bits per heavy atom. The predicted molar refractivity (Wildman–Crippen MR) is 85.4 cm³/mol. The molecule has 0 unspecified atom stereocenters. The SMILES string of the molecule is CC(C)[C@H](N)C(=O)C(C)(C)C.C[C@H](N)C(=O)C(C)(C)C. The first-order chi connectivity index (χ1) is 8.62. The Morgan fingerprint density at radius 1 is 0.750 bits per heavy atom. The first-order valence-electron chi connectivity index (χ1n) is 7.22. The summed E-state index contributed by atoms with van der Waals surface area (Å²) in [6.45, 7) is 17.0. The van der Waals surface area contributed by atoms with Crippen molar-refractivity contribution in [2.75, 3.05) is 0 Å². The molecular weight excluding hydrogens is 252 g/mol. The lowest BCUT2D eigenvalue weighted by molar-refractivity contribution is -0.128. The van der Waals surface area contributed by atoms with E-state index in [1.807, 2.05) is 55.4 Å². The molecule has 0 rings (SSSR count). The maximum absolute atomic E-state index is 11.5. The number of hydrogen-bond donors (Lipinski definition) is 2. The molecule has 0 aromatic heterocycles. The highest BCUT2D eigenvalue weighted by Crippen LogP contribution is 2.18. The zero-order valence-electron chi connectivity index (χ0n) is 14.7. The Morgan fingerprint density at radius 3 is 1.10 bits per heavy atom. The highest BCUT2D eigenvalue weighted by atomic mass is 16.1. The smallest absolute Gasteiger partial charge is 0.155 e. The minimum absolute atomic E-state index is 0.113. The molecule has 0 aromatic carbocycles. The van der Waals surface area contributed by atoms with E-state index in [1.165, 1.54) is 0 Å². The summed E-state index contributed by atoms with van der Waals surface area (Å²) in [5, 5.41) is 0. The molecule has 0 amide bonds. The Labute approximate surface area is 124 Å². The van der Waals surface area contributed by atoms with E-state index < -0.39 is 0 Å². The van der Waals surface area contributed by atoms with Crippen molar-refractivity contribution in [1.82, 2.24) is 0 Å². The lowest BCUT2D eigenvalue weighted by Crippen LogP contribution is -2.42. The molecule has 2 atom stereocenters. The second kappa shape index (κ2) is 7.89. The first kappa shape index (κ1) is 21.6. The number of hydrogen-bond acceptors (Lipinski definition) is 4. The van der Waals surface area contributed by atoms with Gasteiger partial charge in [0.15, 0.2) is 11.6 Å². The van der Waals surface area contributed by atoms with Crippen LogP contribution in [0.15, 0.2) is 0 Å². The normalized spacial score (nSPS) is 15.2. The number of Topliss-reactive ketones (excluding diaryl/α,β-unsaturated/α-hetero) is 2. The first-order valence-corrected chi connectivity index (χ1v) is 7.22. The molecule has 0 aliphatic carbocycles. The summed E-state index contributed by atoms with van der Waals surface area (Å²) in [4.78, 5) is 22.5. The predicted octanol–water partition coefficient (Wildman–Crippen LogP) is 2.53. The number of nitrogens with two attached hydrogens (primary N) is 2. The fraction of sp³-hybridized carbons (Fsp3) is 0.875. The van der Waals surface area contributed by atoms with Crippen LogP contribution in [-0.2, 0) is 9.59 Å². The van der Waals surface area contributed by atoms with E-state index in [-0.39, 0.29) is 40.4 Å². The molecule has 4 N–H and O–H groups in total. The van der Waals surface area contributed by atoms with Crippen molar-refractivity contribution in [3.8, 4) is 0 Å². The molecule has 0 spiro atoms. The van der Waals surface area contributed by atoms with Crippen molar-refractivity contribution < 1.29 is 9.59 Å². The van der Waals surface area contributed by atoms with Crippen LogP contribution in [0, 0.1) is 16.7 Å². The van der Waals surface area contributed by atoms with Gasteiger partial charge in [0.2, 0.25) is 0 Å². The molecule has 0 saturated heterocycles. The van der Waals surface area contributed by atoms with Gasteiger partial charge in [0, 0.05) is 10.8 Å². The van der Waals surface area contributed by atoms with E-state index in [2.05, 4.69) is 0 Å². The second-order valence-corrected chi connectivity index (χ2v) is 7.79. The summed E-state index contributed by atoms with van der Waals surface area (Å²) in [6.07, 6.45) is 0. The van der Waals surface area contributed by atoms with Gasteiger partial charge in [-0.25, -0.2) is 0 Å². The molecule has 0 aliphatic rings. The van der Waals surface area contributed by atoms with Gasteiger partial charge in [0.1, 0.15) is 0 Å². The van der Waals surface area contributed by atoms with Gasteiger partial charge < -0.3 is 11.5 Å². The van der Waals surface area contributed by atoms with Crippen molar-refractivity contribution in [1.29, 1.82) is 0 Å². The number of ketones is 2. The third-order valence-corrected chi connectivity index (χ3v) is 2.91. The van der Waals surface area contributed by atoms with E-state index in [0.29, 0.717) is 0 Å². The highest BCUT2D eigenvalue weighted by molar-refractivity contribution is 5.88. The summed E-state index contributed by atoms with van der Waals surface area (Å²) >= 11 is 0. The van der Waals surface area contributed by atoms with Crippen molar-refractivity contribution in [3.63, 3.8) is 0 Å². The van der Waals surface area contributed by atoms with Crippen molar-refractivity contribution in [2.24, 2.45) is 28.2 Å². The van der Waals surface area contributed by atoms with E-state index in [1.54, 1.807) is 6.92 Å². The third kappa shape index (κ3) is 8.43. The largest absolute Gasteiger partial charge is 0.322 e. The van der Waals surface area contributed by atoms with E-state index in [9.17, 15) is 9.59 Å². The Kier molecular flexibility index (Phi) is 8.50. The van der Waals surface area contributed by atoms with Crippen LogP contribution in [0.4, 0.5) is 0 Å². The average Bonchev–Trinajstić information content (AvgIpc) is 2.23. The number of carbonyl (C=O) groups is 2. The molecular formula is C16H34N2O2. The van der Waals surface area contributed by atoms with Gasteiger partial charge >= 0.3 is 0 Å². The van der Waals surface area contributed by atoms with Crippen LogP contribution in [0.1, 0.15) is 62.3 Å². The van der Waals surface area contributed by atoms with Crippen molar-refractivity contribution in [2.45, 2.75) is 74.4 Å². The van der Waals surface area contributed by atoms with Crippen LogP contribution in [0.2, 0.25) is 0 Å². The van der Waals surface area contributed by atoms with Crippen LogP contribution >= 0.6 is 0 Å². The molecule has 0 aromatic rings. The van der Waals surface area contributed by atoms with Gasteiger partial charge in [-0.15, -0.1) is 0 Å². The summed E-state index contributed by atoms with van der Waals surface area (Å²) in [5.74, 6) is 0.497. The van der Waals surface area contributed by atoms with E-state index in [4.69, 9.17) is 11.5 Å². The molecule has 0 heterocycles. The van der Waals surface area contributed by atoms with Crippen LogP contribution in [-0.4, -0.2) is 23.7 Å². The molecule has 4 heteroatoms. The summed E-state index contributed by atoms with van der Waals surface area (Å²) in [6, 6.07) is -0.639. The molecule has 0 aliphatic heterocycles. The maximum Gasteiger partial charge on any atom is 0.155 e. The maximum atomic E-state index is 11.5. The Balaban J connectivity index is 0. The van der Waals surface area contributed by atoms with E-state index >= 15 is 0 Å². The molecule has 120 valence electrons. The Hall–Kier alpha value is -0.740. The summed E-state index contributed by atoms with van der Waals surface area (Å²) in [5.41, 5.74) is 10.5. The lowest BCUT2D eigenvalue weighted by atomic mass is 9.83. The zero-order chi connectivity index (χ0) is 16.9. The fourth-order valence-electron chi connectivity index (χ4n) is 1.49. The van der Waals surface area contributed by atoms with Gasteiger partial charge in [0.25, 0.3) is 0 Å². The van der Waals surface area contributed by atoms with Crippen molar-refractivity contribution in [3.05, 3.63) is 0 Å². The zero-order valence-corrected chi connectivity index (χ0v) is 14.7. The molecule has 4 nitrogen and oxygen atoms in total. The second-order valence-electron chi connectivity index (χ2n) is 7.79. The van der Waals surface area contributed by atoms with Crippen LogP contribution in [0.3, 0.4) is 0 Å². The van der Waals surface area contributed by atoms with E-state index in [0.717, 1.165) is 0 Å². The third-order valence-electron chi connectivity index (χ3n) is 2.91. The van der Waals surface area contributed by atoms with Gasteiger partial charge in [0.05, 0.1) is 12.1 Å². The van der Waals surface area contributed by atoms with Crippen LogP contribution in [0.5, 0.6) is 0 Å². The molecule has 0 fully saturated rings. The quantitative estimate of drug-likeness (QED) is 0.834. The highest BCUT2D eigenvalue weighted by Gasteiger charge is 2.28. The topological polar surface area (TPSA) is 86.2 Å². The molecule has 0 radical (unpaired) electrons.